The van der Waals surface area contributed by atoms with Gasteiger partial charge < -0.3 is 19.3 Å². The molecule has 0 fully saturated rings. The number of anilines is 1. The normalized spacial score (nSPS) is 11.7. The molecule has 0 saturated carbocycles. The highest BCUT2D eigenvalue weighted by Gasteiger charge is 2.12. The van der Waals surface area contributed by atoms with E-state index in [0.29, 0.717) is 48.8 Å². The highest BCUT2D eigenvalue weighted by molar-refractivity contribution is 7.92. The van der Waals surface area contributed by atoms with Crippen LogP contribution in [0.25, 0.3) is 6.08 Å². The predicted molar refractivity (Wildman–Crippen MR) is 142 cm³/mol. The Morgan fingerprint density at radius 2 is 1.64 bits per heavy atom. The molecule has 8 nitrogen and oxygen atoms in total. The maximum Gasteiger partial charge on any atom is 0.371 e. The summed E-state index contributed by atoms with van der Waals surface area (Å²) in [4.78, 5) is 11.4. The van der Waals surface area contributed by atoms with Gasteiger partial charge in [0, 0.05) is 12.1 Å². The van der Waals surface area contributed by atoms with Crippen LogP contribution in [0.4, 0.5) is 5.69 Å². The van der Waals surface area contributed by atoms with E-state index in [0.717, 1.165) is 24.8 Å². The van der Waals surface area contributed by atoms with E-state index in [9.17, 15) is 18.3 Å². The average Bonchev–Trinajstić information content (AvgIpc) is 2.84. The van der Waals surface area contributed by atoms with Gasteiger partial charge in [-0.2, -0.15) is 0 Å². The zero-order valence-electron chi connectivity index (χ0n) is 21.3. The van der Waals surface area contributed by atoms with E-state index in [1.54, 1.807) is 37.3 Å². The number of unbranched alkanes of at least 4 members (excludes halogenated alkanes) is 2. The van der Waals surface area contributed by atoms with Gasteiger partial charge in [-0.1, -0.05) is 44.9 Å². The van der Waals surface area contributed by atoms with Crippen molar-refractivity contribution in [2.45, 2.75) is 52.9 Å². The standard InChI is InChI=1S/C27H37NO7S/c1-4-7-16-34-25-19-22(20-26(27(29)30)33-6-3)11-14-24(25)35-17-15-21-9-12-23(13-10-21)28-36(31,32)18-8-5-2/h9-14,19-20,28H,4-8,15-18H2,1-3H3,(H,29,30)/b26-20-. The minimum Gasteiger partial charge on any atom is -0.490 e. The van der Waals surface area contributed by atoms with Crippen LogP contribution in [0.3, 0.4) is 0 Å². The van der Waals surface area contributed by atoms with Crippen LogP contribution in [0.15, 0.2) is 48.2 Å². The van der Waals surface area contributed by atoms with Crippen molar-refractivity contribution in [3.63, 3.8) is 0 Å². The smallest absolute Gasteiger partial charge is 0.371 e. The molecule has 0 atom stereocenters. The Bertz CT molecular complexity index is 1100. The Morgan fingerprint density at radius 3 is 2.28 bits per heavy atom. The lowest BCUT2D eigenvalue weighted by molar-refractivity contribution is -0.136. The summed E-state index contributed by atoms with van der Waals surface area (Å²) in [6.45, 7) is 6.92. The maximum atomic E-state index is 12.1. The van der Waals surface area contributed by atoms with Crippen molar-refractivity contribution in [1.29, 1.82) is 0 Å². The van der Waals surface area contributed by atoms with Gasteiger partial charge in [0.15, 0.2) is 11.5 Å². The van der Waals surface area contributed by atoms with Crippen LogP contribution in [0.1, 0.15) is 57.6 Å². The maximum absolute atomic E-state index is 12.1. The van der Waals surface area contributed by atoms with Crippen molar-refractivity contribution in [2.75, 3.05) is 30.3 Å². The Hall–Kier alpha value is -3.20. The van der Waals surface area contributed by atoms with E-state index in [-0.39, 0.29) is 18.1 Å². The van der Waals surface area contributed by atoms with Gasteiger partial charge in [-0.05, 0) is 61.2 Å². The monoisotopic (exact) mass is 519 g/mol. The molecule has 0 aliphatic carbocycles. The fraction of sp³-hybridized carbons (Fsp3) is 0.444. The van der Waals surface area contributed by atoms with Crippen LogP contribution in [-0.2, 0) is 26.0 Å². The molecule has 2 aromatic carbocycles. The lowest BCUT2D eigenvalue weighted by Crippen LogP contribution is -2.16. The molecule has 9 heteroatoms. The van der Waals surface area contributed by atoms with Crippen molar-refractivity contribution in [1.82, 2.24) is 0 Å². The largest absolute Gasteiger partial charge is 0.490 e. The van der Waals surface area contributed by atoms with Crippen LogP contribution in [0.2, 0.25) is 0 Å². The highest BCUT2D eigenvalue weighted by Crippen LogP contribution is 2.30. The number of carboxylic acids is 1. The third-order valence-electron chi connectivity index (χ3n) is 5.17. The van der Waals surface area contributed by atoms with Crippen LogP contribution in [0.5, 0.6) is 11.5 Å². The molecule has 0 saturated heterocycles. The third-order valence-corrected chi connectivity index (χ3v) is 6.55. The summed E-state index contributed by atoms with van der Waals surface area (Å²) in [6, 6.07) is 12.5. The second-order valence-corrected chi connectivity index (χ2v) is 10.1. The van der Waals surface area contributed by atoms with Gasteiger partial charge in [0.05, 0.1) is 25.6 Å². The van der Waals surface area contributed by atoms with E-state index >= 15 is 0 Å². The third kappa shape index (κ3) is 10.2. The number of sulfonamides is 1. The van der Waals surface area contributed by atoms with Gasteiger partial charge in [0.2, 0.25) is 15.8 Å². The molecule has 0 bridgehead atoms. The summed E-state index contributed by atoms with van der Waals surface area (Å²) < 4.78 is 43.8. The molecule has 198 valence electrons. The molecule has 0 radical (unpaired) electrons. The number of aliphatic carboxylic acids is 1. The molecule has 0 amide bonds. The summed E-state index contributed by atoms with van der Waals surface area (Å²) in [5.74, 6) is -0.0566. The van der Waals surface area contributed by atoms with Crippen LogP contribution in [-0.4, -0.2) is 45.1 Å². The number of ether oxygens (including phenoxy) is 3. The second-order valence-electron chi connectivity index (χ2n) is 8.22. The van der Waals surface area contributed by atoms with E-state index < -0.39 is 16.0 Å². The number of carboxylic acid groups (broad SMARTS) is 1. The number of benzene rings is 2. The van der Waals surface area contributed by atoms with E-state index in [2.05, 4.69) is 11.6 Å². The molecule has 0 aliphatic heterocycles. The van der Waals surface area contributed by atoms with Gasteiger partial charge in [-0.15, -0.1) is 0 Å². The first-order chi connectivity index (χ1) is 17.3. The minimum absolute atomic E-state index is 0.111. The summed E-state index contributed by atoms with van der Waals surface area (Å²) in [5, 5.41) is 9.31. The Labute approximate surface area is 214 Å². The van der Waals surface area contributed by atoms with Crippen molar-refractivity contribution >= 4 is 27.8 Å². The molecular weight excluding hydrogens is 482 g/mol. The Balaban J connectivity index is 2.05. The topological polar surface area (TPSA) is 111 Å². The van der Waals surface area contributed by atoms with Gasteiger partial charge in [-0.3, -0.25) is 4.72 Å². The molecule has 36 heavy (non-hydrogen) atoms. The Morgan fingerprint density at radius 1 is 0.944 bits per heavy atom. The quantitative estimate of drug-likeness (QED) is 0.161. The van der Waals surface area contributed by atoms with Crippen LogP contribution >= 0.6 is 0 Å². The summed E-state index contributed by atoms with van der Waals surface area (Å²) in [7, 11) is -3.33. The molecule has 0 unspecified atom stereocenters. The summed E-state index contributed by atoms with van der Waals surface area (Å²) >= 11 is 0. The zero-order chi connectivity index (χ0) is 26.4. The number of hydrogen-bond donors (Lipinski definition) is 2. The SMILES string of the molecule is CCCCOc1cc(/C=C(\OCC)C(=O)O)ccc1OCCc1ccc(NS(=O)(=O)CCCC)cc1. The van der Waals surface area contributed by atoms with E-state index in [4.69, 9.17) is 14.2 Å². The molecule has 2 rings (SSSR count). The Kier molecular flexibility index (Phi) is 12.1. The van der Waals surface area contributed by atoms with Crippen molar-refractivity contribution in [3.05, 3.63) is 59.4 Å². The first kappa shape index (κ1) is 29.0. The zero-order valence-corrected chi connectivity index (χ0v) is 22.1. The van der Waals surface area contributed by atoms with Crippen LogP contribution < -0.4 is 14.2 Å². The predicted octanol–water partition coefficient (Wildman–Crippen LogP) is 5.49. The van der Waals surface area contributed by atoms with Crippen molar-refractivity contribution in [2.24, 2.45) is 0 Å². The van der Waals surface area contributed by atoms with Crippen molar-refractivity contribution in [3.8, 4) is 11.5 Å². The molecule has 0 spiro atoms. The lowest BCUT2D eigenvalue weighted by Gasteiger charge is -2.14. The van der Waals surface area contributed by atoms with Crippen molar-refractivity contribution < 1.29 is 32.5 Å². The van der Waals surface area contributed by atoms with E-state index in [1.165, 1.54) is 6.08 Å². The number of nitrogens with one attached hydrogen (secondary N) is 1. The summed E-state index contributed by atoms with van der Waals surface area (Å²) in [6.07, 6.45) is 5.38. The molecule has 0 heterocycles. The molecule has 0 aliphatic rings. The first-order valence-electron chi connectivity index (χ1n) is 12.3. The molecule has 0 aromatic heterocycles. The molecule has 2 N–H and O–H groups in total. The van der Waals surface area contributed by atoms with Gasteiger partial charge in [-0.25, -0.2) is 13.2 Å². The minimum atomic E-state index is -3.33. The summed E-state index contributed by atoms with van der Waals surface area (Å²) in [5.41, 5.74) is 2.18. The first-order valence-corrected chi connectivity index (χ1v) is 14.0. The van der Waals surface area contributed by atoms with E-state index in [1.807, 2.05) is 19.1 Å². The lowest BCUT2D eigenvalue weighted by atomic mass is 10.1. The number of rotatable bonds is 17. The van der Waals surface area contributed by atoms with Gasteiger partial charge in [0.1, 0.15) is 0 Å². The number of carbonyl (C=O) groups is 1. The molecular formula is C27H37NO7S. The highest BCUT2D eigenvalue weighted by atomic mass is 32.2. The van der Waals surface area contributed by atoms with Crippen LogP contribution in [0, 0.1) is 0 Å². The van der Waals surface area contributed by atoms with Gasteiger partial charge >= 0.3 is 5.97 Å². The fourth-order valence-corrected chi connectivity index (χ4v) is 4.49. The number of hydrogen-bond acceptors (Lipinski definition) is 6. The van der Waals surface area contributed by atoms with Gasteiger partial charge in [0.25, 0.3) is 0 Å². The average molecular weight is 520 g/mol. The second kappa shape index (κ2) is 15.0. The fourth-order valence-electron chi connectivity index (χ4n) is 3.23. The molecule has 2 aromatic rings.